The van der Waals surface area contributed by atoms with Gasteiger partial charge < -0.3 is 9.47 Å². The average molecular weight is 407 g/mol. The van der Waals surface area contributed by atoms with Gasteiger partial charge >= 0.3 is 0 Å². The molecular weight excluding hydrogens is 368 g/mol. The molecule has 0 unspecified atom stereocenters. The van der Waals surface area contributed by atoms with Crippen LogP contribution in [-0.2, 0) is 15.6 Å². The number of hydrogen-bond acceptors (Lipinski definition) is 2. The van der Waals surface area contributed by atoms with Gasteiger partial charge in [0.25, 0.3) is 0 Å². The summed E-state index contributed by atoms with van der Waals surface area (Å²) < 4.78 is 11.6. The second-order valence-electron chi connectivity index (χ2n) is 12.7. The maximum Gasteiger partial charge on any atom is 0.188 e. The summed E-state index contributed by atoms with van der Waals surface area (Å²) in [6.45, 7) is 0.371. The Hall–Kier alpha value is -1.02. The van der Waals surface area contributed by atoms with E-state index >= 15 is 0 Å². The summed E-state index contributed by atoms with van der Waals surface area (Å²) in [7, 11) is 1.74. The molecule has 8 bridgehead atoms. The Kier molecular flexibility index (Phi) is 4.02. The number of benzene rings is 1. The summed E-state index contributed by atoms with van der Waals surface area (Å²) >= 11 is 0. The van der Waals surface area contributed by atoms with E-state index in [0.717, 1.165) is 41.3 Å². The Labute approximate surface area is 182 Å². The highest BCUT2D eigenvalue weighted by molar-refractivity contribution is 5.47. The normalized spacial score (nSPS) is 47.8. The largest absolute Gasteiger partial charge is 0.467 e. The first-order valence-electron chi connectivity index (χ1n) is 12.9. The Morgan fingerprint density at radius 3 is 1.63 bits per heavy atom. The summed E-state index contributed by atoms with van der Waals surface area (Å²) in [5.74, 6) is 7.04. The summed E-state index contributed by atoms with van der Waals surface area (Å²) in [6, 6.07) is 7.49. The Morgan fingerprint density at radius 2 is 1.17 bits per heavy atom. The van der Waals surface area contributed by atoms with E-state index in [0.29, 0.717) is 17.6 Å². The van der Waals surface area contributed by atoms with E-state index in [2.05, 4.69) is 18.2 Å². The molecule has 30 heavy (non-hydrogen) atoms. The maximum atomic E-state index is 6.23. The zero-order valence-corrected chi connectivity index (χ0v) is 18.7. The molecule has 2 heteroatoms. The topological polar surface area (TPSA) is 18.5 Å². The van der Waals surface area contributed by atoms with E-state index in [1.165, 1.54) is 77.0 Å². The van der Waals surface area contributed by atoms with Gasteiger partial charge in [-0.1, -0.05) is 12.1 Å². The molecule has 2 nitrogen and oxygen atoms in total. The molecule has 0 amide bonds. The van der Waals surface area contributed by atoms with Crippen LogP contribution in [0.3, 0.4) is 0 Å². The van der Waals surface area contributed by atoms with E-state index in [-0.39, 0.29) is 0 Å². The molecule has 9 rings (SSSR count). The van der Waals surface area contributed by atoms with Crippen molar-refractivity contribution in [3.63, 3.8) is 0 Å². The summed E-state index contributed by atoms with van der Waals surface area (Å²) in [6.07, 6.45) is 17.7. The molecule has 8 aliphatic carbocycles. The minimum absolute atomic E-state index is 0.371. The number of methoxy groups -OCH3 is 1. The predicted molar refractivity (Wildman–Crippen MR) is 119 cm³/mol. The number of rotatable bonds is 5. The molecule has 8 fully saturated rings. The van der Waals surface area contributed by atoms with Crippen LogP contribution in [0.25, 0.3) is 0 Å². The SMILES string of the molecule is COCOc1ccc(C23CC4CC(CC(C4)C2)C3)cc1C12CC3CC(CC(C3)C1)C2. The Morgan fingerprint density at radius 1 is 0.700 bits per heavy atom. The summed E-state index contributed by atoms with van der Waals surface area (Å²) in [4.78, 5) is 0. The fourth-order valence-electron chi connectivity index (χ4n) is 10.4. The molecule has 0 N–H and O–H groups in total. The van der Waals surface area contributed by atoms with Crippen molar-refractivity contribution < 1.29 is 9.47 Å². The van der Waals surface area contributed by atoms with Crippen molar-refractivity contribution >= 4 is 0 Å². The molecule has 8 saturated carbocycles. The zero-order chi connectivity index (χ0) is 19.9. The molecule has 1 aromatic rings. The van der Waals surface area contributed by atoms with Crippen molar-refractivity contribution in [1.29, 1.82) is 0 Å². The zero-order valence-electron chi connectivity index (χ0n) is 18.7. The van der Waals surface area contributed by atoms with E-state index in [4.69, 9.17) is 9.47 Å². The van der Waals surface area contributed by atoms with Gasteiger partial charge in [0.1, 0.15) is 5.75 Å². The highest BCUT2D eigenvalue weighted by Gasteiger charge is 2.54. The number of ether oxygens (including phenoxy) is 2. The van der Waals surface area contributed by atoms with Crippen molar-refractivity contribution in [2.75, 3.05) is 13.9 Å². The third-order valence-corrected chi connectivity index (χ3v) is 10.6. The van der Waals surface area contributed by atoms with E-state index in [1.807, 2.05) is 0 Å². The van der Waals surface area contributed by atoms with Gasteiger partial charge in [-0.3, -0.25) is 0 Å². The minimum atomic E-state index is 0.371. The van der Waals surface area contributed by atoms with Gasteiger partial charge in [0.05, 0.1) is 0 Å². The van der Waals surface area contributed by atoms with Crippen LogP contribution < -0.4 is 4.74 Å². The van der Waals surface area contributed by atoms with Gasteiger partial charge in [0.15, 0.2) is 6.79 Å². The smallest absolute Gasteiger partial charge is 0.188 e. The Bertz CT molecular complexity index is 768. The van der Waals surface area contributed by atoms with Crippen LogP contribution >= 0.6 is 0 Å². The first kappa shape index (κ1) is 18.5. The molecule has 0 heterocycles. The van der Waals surface area contributed by atoms with Gasteiger partial charge in [0, 0.05) is 12.7 Å². The maximum absolute atomic E-state index is 6.23. The summed E-state index contributed by atoms with van der Waals surface area (Å²) in [5.41, 5.74) is 4.12. The van der Waals surface area contributed by atoms with Gasteiger partial charge in [-0.2, -0.15) is 0 Å². The fraction of sp³-hybridized carbons (Fsp3) is 0.786. The lowest BCUT2D eigenvalue weighted by Crippen LogP contribution is -2.50. The van der Waals surface area contributed by atoms with Crippen LogP contribution in [0, 0.1) is 35.5 Å². The van der Waals surface area contributed by atoms with Gasteiger partial charge in [-0.15, -0.1) is 0 Å². The third kappa shape index (κ3) is 2.71. The standard InChI is InChI=1S/C28H38O2/c1-29-17-30-26-3-2-24(27-11-18-4-19(12-27)6-20(5-18)13-27)10-25(26)28-14-21-7-22(15-28)9-23(8-21)16-28/h2-3,10,18-23H,4-9,11-17H2,1H3. The lowest BCUT2D eigenvalue weighted by molar-refractivity contribution is -0.0110. The van der Waals surface area contributed by atoms with Crippen LogP contribution in [-0.4, -0.2) is 13.9 Å². The lowest BCUT2D eigenvalue weighted by atomic mass is 9.46. The van der Waals surface area contributed by atoms with Crippen LogP contribution in [0.1, 0.15) is 88.2 Å². The van der Waals surface area contributed by atoms with E-state index in [9.17, 15) is 0 Å². The van der Waals surface area contributed by atoms with Crippen LogP contribution in [0.4, 0.5) is 0 Å². The van der Waals surface area contributed by atoms with Crippen molar-refractivity contribution in [2.45, 2.75) is 87.9 Å². The second kappa shape index (κ2) is 6.50. The van der Waals surface area contributed by atoms with Crippen molar-refractivity contribution in [1.82, 2.24) is 0 Å². The molecule has 0 radical (unpaired) electrons. The molecule has 0 atom stereocenters. The quantitative estimate of drug-likeness (QED) is 0.513. The predicted octanol–water partition coefficient (Wildman–Crippen LogP) is 6.60. The molecule has 0 saturated heterocycles. The molecule has 1 aromatic carbocycles. The van der Waals surface area contributed by atoms with Gasteiger partial charge in [-0.05, 0) is 135 Å². The summed E-state index contributed by atoms with van der Waals surface area (Å²) in [5, 5.41) is 0. The molecule has 0 aliphatic heterocycles. The van der Waals surface area contributed by atoms with E-state index in [1.54, 1.807) is 18.2 Å². The van der Waals surface area contributed by atoms with Crippen LogP contribution in [0.2, 0.25) is 0 Å². The minimum Gasteiger partial charge on any atom is -0.467 e. The highest BCUT2D eigenvalue weighted by atomic mass is 16.7. The monoisotopic (exact) mass is 406 g/mol. The lowest BCUT2D eigenvalue weighted by Gasteiger charge is -2.58. The molecule has 162 valence electrons. The fourth-order valence-corrected chi connectivity index (χ4v) is 10.4. The van der Waals surface area contributed by atoms with Crippen molar-refractivity contribution in [3.8, 4) is 5.75 Å². The average Bonchev–Trinajstić information content (AvgIpc) is 2.70. The highest BCUT2D eigenvalue weighted by Crippen LogP contribution is 2.64. The molecular formula is C28H38O2. The third-order valence-electron chi connectivity index (χ3n) is 10.6. The Balaban J connectivity index is 1.31. The molecule has 8 aliphatic rings. The number of hydrogen-bond donors (Lipinski definition) is 0. The van der Waals surface area contributed by atoms with Gasteiger partial charge in [0.2, 0.25) is 0 Å². The van der Waals surface area contributed by atoms with Crippen LogP contribution in [0.15, 0.2) is 18.2 Å². The molecule has 0 spiro atoms. The first-order chi connectivity index (χ1) is 14.6. The van der Waals surface area contributed by atoms with Crippen molar-refractivity contribution in [2.24, 2.45) is 35.5 Å². The first-order valence-corrected chi connectivity index (χ1v) is 12.9. The van der Waals surface area contributed by atoms with Crippen molar-refractivity contribution in [3.05, 3.63) is 29.3 Å². The second-order valence-corrected chi connectivity index (χ2v) is 12.7. The molecule has 0 aromatic heterocycles. The van der Waals surface area contributed by atoms with Crippen LogP contribution in [0.5, 0.6) is 5.75 Å². The van der Waals surface area contributed by atoms with Gasteiger partial charge in [-0.25, -0.2) is 0 Å². The van der Waals surface area contributed by atoms with E-state index < -0.39 is 0 Å².